The summed E-state index contributed by atoms with van der Waals surface area (Å²) in [4.78, 5) is 27.7. The molecule has 14 heteroatoms. The SMILES string of the molecule is N=C(OC(N)=NC1N=C(c2ccccc2)c2sccc2NC1=O)c1ncc(C(F)(F)F)cc1N1CCOCC1. The number of amidine groups is 1. The zero-order chi connectivity index (χ0) is 27.6. The first-order chi connectivity index (χ1) is 18.7. The number of amides is 1. The normalized spacial score (nSPS) is 18.1. The summed E-state index contributed by atoms with van der Waals surface area (Å²) < 4.78 is 50.8. The average Bonchev–Trinajstić information content (AvgIpc) is 3.33. The van der Waals surface area contributed by atoms with Gasteiger partial charge in [-0.1, -0.05) is 30.3 Å². The van der Waals surface area contributed by atoms with Crippen LogP contribution in [0, 0.1) is 5.41 Å². The van der Waals surface area contributed by atoms with Crippen LogP contribution in [0.1, 0.15) is 21.7 Å². The highest BCUT2D eigenvalue weighted by Crippen LogP contribution is 2.33. The van der Waals surface area contributed by atoms with Crippen LogP contribution in [0.5, 0.6) is 0 Å². The first-order valence-electron chi connectivity index (χ1n) is 11.7. The molecule has 0 spiro atoms. The van der Waals surface area contributed by atoms with Gasteiger partial charge in [0.2, 0.25) is 12.1 Å². The number of halogens is 3. The van der Waals surface area contributed by atoms with E-state index >= 15 is 0 Å². The third kappa shape index (κ3) is 5.76. The summed E-state index contributed by atoms with van der Waals surface area (Å²) in [5, 5.41) is 13.0. The molecule has 4 heterocycles. The van der Waals surface area contributed by atoms with Crippen molar-refractivity contribution >= 4 is 46.2 Å². The van der Waals surface area contributed by atoms with Gasteiger partial charge in [0.1, 0.15) is 5.69 Å². The number of nitrogens with zero attached hydrogens (tertiary/aromatic N) is 4. The van der Waals surface area contributed by atoms with E-state index < -0.39 is 35.7 Å². The third-order valence-electron chi connectivity index (χ3n) is 5.89. The summed E-state index contributed by atoms with van der Waals surface area (Å²) in [5.41, 5.74) is 6.72. The lowest BCUT2D eigenvalue weighted by Crippen LogP contribution is -2.38. The number of carbonyl (C=O) groups is 1. The lowest BCUT2D eigenvalue weighted by molar-refractivity contribution is -0.137. The van der Waals surface area contributed by atoms with Crippen molar-refractivity contribution in [2.75, 3.05) is 36.5 Å². The minimum Gasteiger partial charge on any atom is -0.405 e. The predicted octanol–water partition coefficient (Wildman–Crippen LogP) is 3.47. The van der Waals surface area contributed by atoms with Gasteiger partial charge >= 0.3 is 6.18 Å². The molecule has 3 aromatic rings. The second-order valence-electron chi connectivity index (χ2n) is 8.46. The molecule has 0 bridgehead atoms. The van der Waals surface area contributed by atoms with Crippen LogP contribution in [0.2, 0.25) is 0 Å². The van der Waals surface area contributed by atoms with Gasteiger partial charge in [0.15, 0.2) is 0 Å². The number of pyridine rings is 1. The number of ether oxygens (including phenoxy) is 2. The van der Waals surface area contributed by atoms with E-state index in [1.165, 1.54) is 11.3 Å². The minimum atomic E-state index is -4.63. The fourth-order valence-electron chi connectivity index (χ4n) is 4.05. The van der Waals surface area contributed by atoms with Gasteiger partial charge in [-0.05, 0) is 17.5 Å². The highest BCUT2D eigenvalue weighted by molar-refractivity contribution is 7.13. The molecule has 0 saturated carbocycles. The maximum atomic E-state index is 13.4. The molecule has 39 heavy (non-hydrogen) atoms. The van der Waals surface area contributed by atoms with Crippen molar-refractivity contribution in [2.45, 2.75) is 12.3 Å². The fraction of sp³-hybridized carbons (Fsp3) is 0.240. The monoisotopic (exact) mass is 557 g/mol. The number of anilines is 2. The van der Waals surface area contributed by atoms with Crippen molar-refractivity contribution in [3.63, 3.8) is 0 Å². The lowest BCUT2D eigenvalue weighted by atomic mass is 10.1. The van der Waals surface area contributed by atoms with Crippen LogP contribution in [-0.4, -0.2) is 61.0 Å². The van der Waals surface area contributed by atoms with Gasteiger partial charge in [0.25, 0.3) is 11.9 Å². The van der Waals surface area contributed by atoms with Gasteiger partial charge in [-0.2, -0.15) is 18.2 Å². The van der Waals surface area contributed by atoms with Crippen LogP contribution in [0.15, 0.2) is 64.0 Å². The number of rotatable bonds is 4. The Bertz CT molecular complexity index is 1450. The van der Waals surface area contributed by atoms with Crippen LogP contribution in [-0.2, 0) is 20.4 Å². The number of thiophene rings is 1. The molecule has 0 radical (unpaired) electrons. The number of hydrogen-bond acceptors (Lipinski definition) is 9. The second-order valence-corrected chi connectivity index (χ2v) is 9.37. The molecule has 4 N–H and O–H groups in total. The molecule has 2 aliphatic rings. The first kappa shape index (κ1) is 26.3. The highest BCUT2D eigenvalue weighted by Gasteiger charge is 2.34. The highest BCUT2D eigenvalue weighted by atomic mass is 32.1. The molecule has 1 aromatic carbocycles. The topological polar surface area (TPSA) is 138 Å². The second kappa shape index (κ2) is 10.8. The minimum absolute atomic E-state index is 0.0481. The van der Waals surface area contributed by atoms with Crippen molar-refractivity contribution in [2.24, 2.45) is 15.7 Å². The smallest absolute Gasteiger partial charge is 0.405 e. The number of nitrogens with two attached hydrogens (primary N) is 1. The van der Waals surface area contributed by atoms with Crippen LogP contribution in [0.25, 0.3) is 0 Å². The van der Waals surface area contributed by atoms with Gasteiger partial charge < -0.3 is 25.4 Å². The number of aliphatic imine (C=N–C) groups is 2. The summed E-state index contributed by atoms with van der Waals surface area (Å²) in [5.74, 6) is -1.20. The largest absolute Gasteiger partial charge is 0.417 e. The van der Waals surface area contributed by atoms with E-state index in [2.05, 4.69) is 20.3 Å². The summed E-state index contributed by atoms with van der Waals surface area (Å²) in [7, 11) is 0. The molecule has 1 saturated heterocycles. The van der Waals surface area contributed by atoms with Gasteiger partial charge in [0.05, 0.1) is 40.7 Å². The number of nitrogens with one attached hydrogen (secondary N) is 2. The summed E-state index contributed by atoms with van der Waals surface area (Å²) in [6, 6.07) is 11.3. The molecule has 1 amide bonds. The number of fused-ring (bicyclic) bond motifs is 1. The van der Waals surface area contributed by atoms with E-state index in [0.29, 0.717) is 43.9 Å². The first-order valence-corrected chi connectivity index (χ1v) is 12.6. The molecule has 2 aromatic heterocycles. The Morgan fingerprint density at radius 1 is 1.23 bits per heavy atom. The quantitative estimate of drug-likeness (QED) is 0.332. The molecule has 0 aliphatic carbocycles. The number of benzene rings is 1. The number of alkyl halides is 3. The average molecular weight is 558 g/mol. The standard InChI is InChI=1S/C25H22F3N7O3S/c26-25(27,28)15-12-17(35-7-9-37-10-8-35)19(31-13-15)21(29)38-24(30)34-22-23(36)32-16-6-11-39-20(16)18(33-22)14-4-2-1-3-5-14/h1-6,11-13,22,29H,7-10H2,(H2,30,34)(H,32,36). The molecule has 5 rings (SSSR count). The van der Waals surface area contributed by atoms with Crippen LogP contribution >= 0.6 is 11.3 Å². The Labute approximate surface area is 224 Å². The molecule has 2 aliphatic heterocycles. The molecule has 10 nitrogen and oxygen atoms in total. The summed E-state index contributed by atoms with van der Waals surface area (Å²) in [6.45, 7) is 1.21. The van der Waals surface area contributed by atoms with E-state index in [4.69, 9.17) is 20.6 Å². The maximum Gasteiger partial charge on any atom is 0.417 e. The Morgan fingerprint density at radius 2 is 1.97 bits per heavy atom. The van der Waals surface area contributed by atoms with E-state index in [1.807, 2.05) is 35.7 Å². The summed E-state index contributed by atoms with van der Waals surface area (Å²) in [6.07, 6.45) is -5.34. The zero-order valence-corrected chi connectivity index (χ0v) is 21.1. The van der Waals surface area contributed by atoms with E-state index in [-0.39, 0.29) is 11.4 Å². The van der Waals surface area contributed by atoms with Gasteiger partial charge in [-0.25, -0.2) is 9.98 Å². The zero-order valence-electron chi connectivity index (χ0n) is 20.2. The van der Waals surface area contributed by atoms with E-state index in [9.17, 15) is 18.0 Å². The number of hydrogen-bond donors (Lipinski definition) is 3. The van der Waals surface area contributed by atoms with Crippen LogP contribution in [0.3, 0.4) is 0 Å². The number of carbonyl (C=O) groups excluding carboxylic acids is 1. The van der Waals surface area contributed by atoms with Crippen molar-refractivity contribution in [1.82, 2.24) is 4.98 Å². The van der Waals surface area contributed by atoms with Crippen molar-refractivity contribution in [3.8, 4) is 0 Å². The number of morpholine rings is 1. The Balaban J connectivity index is 1.44. The van der Waals surface area contributed by atoms with Crippen molar-refractivity contribution < 1.29 is 27.4 Å². The number of aromatic nitrogens is 1. The van der Waals surface area contributed by atoms with Crippen LogP contribution < -0.4 is 16.0 Å². The molecule has 1 fully saturated rings. The third-order valence-corrected chi connectivity index (χ3v) is 6.81. The van der Waals surface area contributed by atoms with Crippen molar-refractivity contribution in [1.29, 1.82) is 5.41 Å². The Morgan fingerprint density at radius 3 is 2.69 bits per heavy atom. The molecular weight excluding hydrogens is 535 g/mol. The molecule has 1 atom stereocenters. The van der Waals surface area contributed by atoms with Crippen LogP contribution in [0.4, 0.5) is 24.5 Å². The van der Waals surface area contributed by atoms with Gasteiger partial charge in [-0.3, -0.25) is 10.2 Å². The van der Waals surface area contributed by atoms with E-state index in [1.54, 1.807) is 11.0 Å². The molecular formula is C25H22F3N7O3S. The maximum absolute atomic E-state index is 13.4. The van der Waals surface area contributed by atoms with E-state index in [0.717, 1.165) is 16.5 Å². The van der Waals surface area contributed by atoms with Gasteiger partial charge in [0, 0.05) is 24.8 Å². The van der Waals surface area contributed by atoms with Gasteiger partial charge in [-0.15, -0.1) is 11.3 Å². The Kier molecular flexibility index (Phi) is 7.30. The predicted molar refractivity (Wildman–Crippen MR) is 141 cm³/mol. The summed E-state index contributed by atoms with van der Waals surface area (Å²) >= 11 is 1.40. The Hall–Kier alpha value is -4.30. The lowest BCUT2D eigenvalue weighted by Gasteiger charge is -2.30. The van der Waals surface area contributed by atoms with Crippen molar-refractivity contribution in [3.05, 3.63) is 75.7 Å². The fourth-order valence-corrected chi connectivity index (χ4v) is 4.91. The molecule has 1 unspecified atom stereocenters. The molecule has 202 valence electrons.